The van der Waals surface area contributed by atoms with E-state index >= 15 is 0 Å². The maximum atomic E-state index is 13.3. The number of carboxylic acid groups (broad SMARTS) is 1. The van der Waals surface area contributed by atoms with Crippen molar-refractivity contribution in [1.82, 2.24) is 0 Å². The van der Waals surface area contributed by atoms with Gasteiger partial charge >= 0.3 is 5.97 Å². The van der Waals surface area contributed by atoms with E-state index in [1.54, 1.807) is 11.0 Å². The number of para-hydroxylation sites is 2. The minimum absolute atomic E-state index is 0.0652. The molecule has 4 rings (SSSR count). The Morgan fingerprint density at radius 2 is 1.82 bits per heavy atom. The summed E-state index contributed by atoms with van der Waals surface area (Å²) in [6.07, 6.45) is 0.203. The molecule has 1 aliphatic heterocycles. The summed E-state index contributed by atoms with van der Waals surface area (Å²) in [7, 11) is 0. The highest BCUT2D eigenvalue weighted by atomic mass is 35.5. The number of aliphatic carboxylic acids is 1. The lowest BCUT2D eigenvalue weighted by Gasteiger charge is -2.34. The number of amides is 1. The van der Waals surface area contributed by atoms with E-state index in [9.17, 15) is 9.59 Å². The fourth-order valence-corrected chi connectivity index (χ4v) is 3.98. The second-order valence-electron chi connectivity index (χ2n) is 7.81. The van der Waals surface area contributed by atoms with Crippen molar-refractivity contribution < 1.29 is 24.2 Å². The molecule has 1 atom stereocenters. The molecule has 33 heavy (non-hydrogen) atoms. The number of halogens is 1. The van der Waals surface area contributed by atoms with Crippen molar-refractivity contribution in [3.8, 4) is 11.5 Å². The third-order valence-corrected chi connectivity index (χ3v) is 5.61. The monoisotopic (exact) mass is 465 g/mol. The number of carbonyl (C=O) groups is 2. The molecule has 3 aromatic rings. The van der Waals surface area contributed by atoms with E-state index < -0.39 is 12.1 Å². The average Bonchev–Trinajstić information content (AvgIpc) is 2.80. The number of benzene rings is 3. The van der Waals surface area contributed by atoms with Gasteiger partial charge in [-0.1, -0.05) is 48.0 Å². The molecule has 7 heteroatoms. The van der Waals surface area contributed by atoms with E-state index in [2.05, 4.69) is 0 Å². The van der Waals surface area contributed by atoms with E-state index in [4.69, 9.17) is 26.2 Å². The summed E-state index contributed by atoms with van der Waals surface area (Å²) < 4.78 is 11.8. The van der Waals surface area contributed by atoms with Crippen LogP contribution >= 0.6 is 11.6 Å². The van der Waals surface area contributed by atoms with Crippen LogP contribution in [0.1, 0.15) is 24.0 Å². The fourth-order valence-electron chi connectivity index (χ4n) is 3.77. The molecule has 0 radical (unpaired) electrons. The number of hydrogen-bond acceptors (Lipinski definition) is 4. The van der Waals surface area contributed by atoms with E-state index in [0.717, 1.165) is 16.8 Å². The number of fused-ring (bicyclic) bond motifs is 1. The molecular weight excluding hydrogens is 442 g/mol. The van der Waals surface area contributed by atoms with E-state index in [1.165, 1.54) is 0 Å². The first-order valence-corrected chi connectivity index (χ1v) is 11.1. The summed E-state index contributed by atoms with van der Waals surface area (Å²) in [6.45, 7) is 0.675. The molecule has 1 heterocycles. The zero-order chi connectivity index (χ0) is 23.2. The van der Waals surface area contributed by atoms with Crippen molar-refractivity contribution in [3.63, 3.8) is 0 Å². The standard InChI is InChI=1S/C26H24ClNO5/c27-20-7-3-6-19(15-20)17-28-22-9-1-2-10-23(22)33-24(26(28)31)13-14-32-21-8-4-5-18(16-21)11-12-25(29)30/h1-10,15-16,24H,11-14,17H2,(H,29,30). The Kier molecular flexibility index (Phi) is 7.15. The van der Waals surface area contributed by atoms with Gasteiger partial charge in [0, 0.05) is 17.9 Å². The largest absolute Gasteiger partial charge is 0.493 e. The third-order valence-electron chi connectivity index (χ3n) is 5.37. The number of hydrogen-bond donors (Lipinski definition) is 1. The summed E-state index contributed by atoms with van der Waals surface area (Å²) in [4.78, 5) is 25.8. The van der Waals surface area contributed by atoms with Crippen LogP contribution in [0.4, 0.5) is 5.69 Å². The lowest BCUT2D eigenvalue weighted by atomic mass is 10.1. The number of carbonyl (C=O) groups excluding carboxylic acids is 1. The van der Waals surface area contributed by atoms with Crippen molar-refractivity contribution in [1.29, 1.82) is 0 Å². The summed E-state index contributed by atoms with van der Waals surface area (Å²) >= 11 is 6.13. The number of nitrogens with zero attached hydrogens (tertiary/aromatic N) is 1. The van der Waals surface area contributed by atoms with Gasteiger partial charge in [0.2, 0.25) is 0 Å². The Morgan fingerprint density at radius 1 is 1.03 bits per heavy atom. The van der Waals surface area contributed by atoms with Gasteiger partial charge < -0.3 is 19.5 Å². The molecule has 0 fully saturated rings. The molecule has 0 saturated carbocycles. The van der Waals surface area contributed by atoms with Gasteiger partial charge in [0.25, 0.3) is 5.91 Å². The molecule has 0 saturated heterocycles. The van der Waals surface area contributed by atoms with Gasteiger partial charge in [-0.15, -0.1) is 0 Å². The van der Waals surface area contributed by atoms with Crippen molar-refractivity contribution in [2.75, 3.05) is 11.5 Å². The van der Waals surface area contributed by atoms with Crippen molar-refractivity contribution in [2.45, 2.75) is 31.9 Å². The van der Waals surface area contributed by atoms with Crippen LogP contribution in [0.25, 0.3) is 0 Å². The first kappa shape index (κ1) is 22.7. The summed E-state index contributed by atoms with van der Waals surface area (Å²) in [5, 5.41) is 9.49. The van der Waals surface area contributed by atoms with Crippen LogP contribution in [0.5, 0.6) is 11.5 Å². The first-order chi connectivity index (χ1) is 16.0. The van der Waals surface area contributed by atoms with Gasteiger partial charge in [0.1, 0.15) is 11.5 Å². The number of rotatable bonds is 9. The molecule has 0 bridgehead atoms. The summed E-state index contributed by atoms with van der Waals surface area (Å²) in [5.41, 5.74) is 2.55. The van der Waals surface area contributed by atoms with E-state index in [-0.39, 0.29) is 18.9 Å². The van der Waals surface area contributed by atoms with Gasteiger partial charge in [-0.3, -0.25) is 9.59 Å². The minimum atomic E-state index is -0.836. The lowest BCUT2D eigenvalue weighted by Crippen LogP contribution is -2.46. The maximum Gasteiger partial charge on any atom is 0.303 e. The van der Waals surface area contributed by atoms with Gasteiger partial charge in [-0.05, 0) is 53.9 Å². The smallest absolute Gasteiger partial charge is 0.303 e. The molecule has 6 nitrogen and oxygen atoms in total. The number of carboxylic acids is 1. The minimum Gasteiger partial charge on any atom is -0.493 e. The predicted molar refractivity (Wildman–Crippen MR) is 126 cm³/mol. The molecule has 3 aromatic carbocycles. The van der Waals surface area contributed by atoms with Crippen LogP contribution in [0.15, 0.2) is 72.8 Å². The lowest BCUT2D eigenvalue weighted by molar-refractivity contribution is -0.137. The van der Waals surface area contributed by atoms with Crippen LogP contribution in [0, 0.1) is 0 Å². The van der Waals surface area contributed by atoms with Crippen molar-refractivity contribution in [2.24, 2.45) is 0 Å². The van der Waals surface area contributed by atoms with Crippen molar-refractivity contribution >= 4 is 29.2 Å². The van der Waals surface area contributed by atoms with Crippen LogP contribution < -0.4 is 14.4 Å². The summed E-state index contributed by atoms with van der Waals surface area (Å²) in [5.74, 6) is 0.321. The highest BCUT2D eigenvalue weighted by Gasteiger charge is 2.34. The number of anilines is 1. The van der Waals surface area contributed by atoms with Gasteiger partial charge in [0.05, 0.1) is 18.8 Å². The topological polar surface area (TPSA) is 76.1 Å². The van der Waals surface area contributed by atoms with Gasteiger partial charge in [-0.25, -0.2) is 0 Å². The van der Waals surface area contributed by atoms with Crippen LogP contribution in [-0.4, -0.2) is 29.7 Å². The number of ether oxygens (including phenoxy) is 2. The molecular formula is C26H24ClNO5. The van der Waals surface area contributed by atoms with E-state index in [0.29, 0.717) is 35.9 Å². The van der Waals surface area contributed by atoms with Crippen LogP contribution in [0.3, 0.4) is 0 Å². The van der Waals surface area contributed by atoms with Gasteiger partial charge in [-0.2, -0.15) is 0 Å². The Morgan fingerprint density at radius 3 is 2.64 bits per heavy atom. The van der Waals surface area contributed by atoms with Crippen LogP contribution in [-0.2, 0) is 22.6 Å². The molecule has 0 spiro atoms. The second-order valence-corrected chi connectivity index (χ2v) is 8.24. The first-order valence-electron chi connectivity index (χ1n) is 10.7. The third kappa shape index (κ3) is 5.84. The fraction of sp³-hybridized carbons (Fsp3) is 0.231. The zero-order valence-corrected chi connectivity index (χ0v) is 18.7. The summed E-state index contributed by atoms with van der Waals surface area (Å²) in [6, 6.07) is 22.3. The predicted octanol–water partition coefficient (Wildman–Crippen LogP) is 5.12. The zero-order valence-electron chi connectivity index (χ0n) is 17.9. The Hall–Kier alpha value is -3.51. The average molecular weight is 466 g/mol. The normalized spacial score (nSPS) is 15.0. The highest BCUT2D eigenvalue weighted by Crippen LogP contribution is 2.35. The molecule has 0 aliphatic carbocycles. The Balaban J connectivity index is 1.43. The molecule has 1 unspecified atom stereocenters. The maximum absolute atomic E-state index is 13.3. The Labute approximate surface area is 197 Å². The molecule has 0 aromatic heterocycles. The highest BCUT2D eigenvalue weighted by molar-refractivity contribution is 6.30. The molecule has 1 aliphatic rings. The Bertz CT molecular complexity index is 1150. The quantitative estimate of drug-likeness (QED) is 0.474. The van der Waals surface area contributed by atoms with E-state index in [1.807, 2.05) is 66.7 Å². The van der Waals surface area contributed by atoms with Crippen molar-refractivity contribution in [3.05, 3.63) is 88.9 Å². The molecule has 1 N–H and O–H groups in total. The van der Waals surface area contributed by atoms with Gasteiger partial charge in [0.15, 0.2) is 6.10 Å². The molecule has 1 amide bonds. The molecule has 170 valence electrons. The van der Waals surface area contributed by atoms with Crippen LogP contribution in [0.2, 0.25) is 5.02 Å². The second kappa shape index (κ2) is 10.4. The number of aryl methyl sites for hydroxylation is 1. The SMILES string of the molecule is O=C(O)CCc1cccc(OCCC2Oc3ccccc3N(Cc3cccc(Cl)c3)C2=O)c1.